The molecule has 0 fully saturated rings. The van der Waals surface area contributed by atoms with Crippen LogP contribution >= 0.6 is 0 Å². The van der Waals surface area contributed by atoms with Crippen molar-refractivity contribution in [3.8, 4) is 28.7 Å². The van der Waals surface area contributed by atoms with Crippen LogP contribution in [0.5, 0.6) is 28.7 Å². The van der Waals surface area contributed by atoms with Crippen LogP contribution in [0.15, 0.2) is 30.3 Å². The van der Waals surface area contributed by atoms with Crippen molar-refractivity contribution in [1.29, 1.82) is 0 Å². The number of carbonyl (C=O) groups is 2. The van der Waals surface area contributed by atoms with Crippen molar-refractivity contribution in [1.82, 2.24) is 0 Å². The maximum absolute atomic E-state index is 10.4. The number of aliphatic carboxylic acids is 1. The number of carboxylic acids is 2. The lowest BCUT2D eigenvalue weighted by Gasteiger charge is -2.06. The molecule has 0 bridgehead atoms. The highest BCUT2D eigenvalue weighted by molar-refractivity contribution is 5.89. The summed E-state index contributed by atoms with van der Waals surface area (Å²) in [7, 11) is 0. The van der Waals surface area contributed by atoms with E-state index in [0.29, 0.717) is 5.56 Å². The summed E-state index contributed by atoms with van der Waals surface area (Å²) in [6.45, 7) is 0. The highest BCUT2D eigenvalue weighted by Crippen LogP contribution is 2.35. The molecule has 0 heterocycles. The molecule has 0 amide bonds. The third kappa shape index (κ3) is 5.46. The van der Waals surface area contributed by atoms with E-state index in [1.807, 2.05) is 0 Å². The summed E-state index contributed by atoms with van der Waals surface area (Å²) in [5.41, 5.74) is 5.57. The number of benzene rings is 2. The van der Waals surface area contributed by atoms with Gasteiger partial charge in [0.05, 0.1) is 5.56 Å². The summed E-state index contributed by atoms with van der Waals surface area (Å²) < 4.78 is 0. The van der Waals surface area contributed by atoms with Crippen molar-refractivity contribution in [2.24, 2.45) is 5.73 Å². The Morgan fingerprint density at radius 2 is 1.38 bits per heavy atom. The predicted octanol–water partition coefficient (Wildman–Crippen LogP) is 0.554. The Morgan fingerprint density at radius 1 is 0.846 bits per heavy atom. The van der Waals surface area contributed by atoms with Crippen LogP contribution in [0.1, 0.15) is 15.9 Å². The van der Waals surface area contributed by atoms with Crippen LogP contribution in [-0.4, -0.2) is 53.7 Å². The van der Waals surface area contributed by atoms with E-state index in [1.165, 1.54) is 18.2 Å². The number of hydrogen-bond acceptors (Lipinski definition) is 8. The molecule has 2 aromatic carbocycles. The number of nitrogens with two attached hydrogens (primary N) is 1. The number of rotatable bonds is 4. The van der Waals surface area contributed by atoms with Crippen molar-refractivity contribution < 1.29 is 45.3 Å². The van der Waals surface area contributed by atoms with Crippen molar-refractivity contribution in [3.05, 3.63) is 41.5 Å². The number of aromatic carboxylic acids is 1. The minimum Gasteiger partial charge on any atom is -0.504 e. The van der Waals surface area contributed by atoms with Gasteiger partial charge >= 0.3 is 11.9 Å². The van der Waals surface area contributed by atoms with Gasteiger partial charge in [0.1, 0.15) is 6.04 Å². The molecule has 10 heteroatoms. The summed E-state index contributed by atoms with van der Waals surface area (Å²) in [6, 6.07) is 4.78. The number of aromatic hydroxyl groups is 5. The molecule has 0 radical (unpaired) electrons. The maximum atomic E-state index is 10.4. The zero-order valence-corrected chi connectivity index (χ0v) is 13.2. The van der Waals surface area contributed by atoms with Crippen LogP contribution in [0.3, 0.4) is 0 Å². The third-order valence-electron chi connectivity index (χ3n) is 3.13. The van der Waals surface area contributed by atoms with Crippen LogP contribution < -0.4 is 5.73 Å². The molecule has 140 valence electrons. The molecule has 0 aliphatic heterocycles. The minimum absolute atomic E-state index is 0.114. The fraction of sp³-hybridized carbons (Fsp3) is 0.125. The van der Waals surface area contributed by atoms with E-state index in [2.05, 4.69) is 0 Å². The molecule has 26 heavy (non-hydrogen) atoms. The van der Waals surface area contributed by atoms with Gasteiger partial charge < -0.3 is 41.5 Å². The van der Waals surface area contributed by atoms with Crippen LogP contribution in [-0.2, 0) is 11.2 Å². The number of phenolic OH excluding ortho intramolecular Hbond substituents is 5. The van der Waals surface area contributed by atoms with Gasteiger partial charge in [0.15, 0.2) is 28.7 Å². The van der Waals surface area contributed by atoms with Crippen molar-refractivity contribution in [3.63, 3.8) is 0 Å². The first kappa shape index (κ1) is 20.4. The van der Waals surface area contributed by atoms with Gasteiger partial charge in [-0.25, -0.2) is 4.79 Å². The van der Waals surface area contributed by atoms with E-state index >= 15 is 0 Å². The van der Waals surface area contributed by atoms with Crippen LogP contribution in [0.4, 0.5) is 0 Å². The second kappa shape index (κ2) is 8.44. The molecule has 2 aromatic rings. The molecular formula is C16H17NO9. The maximum Gasteiger partial charge on any atom is 0.335 e. The molecule has 9 N–H and O–H groups in total. The van der Waals surface area contributed by atoms with Crippen molar-refractivity contribution in [2.45, 2.75) is 12.5 Å². The van der Waals surface area contributed by atoms with Gasteiger partial charge in [-0.15, -0.1) is 0 Å². The SMILES string of the molecule is N[C@@H](Cc1ccc(O)c(O)c1)C(=O)O.O=C(O)c1cc(O)c(O)c(O)c1. The second-order valence-corrected chi connectivity index (χ2v) is 5.14. The average Bonchev–Trinajstić information content (AvgIpc) is 2.56. The molecule has 0 aliphatic carbocycles. The first-order valence-corrected chi connectivity index (χ1v) is 7.00. The zero-order valence-electron chi connectivity index (χ0n) is 13.2. The highest BCUT2D eigenvalue weighted by atomic mass is 16.4. The van der Waals surface area contributed by atoms with Gasteiger partial charge in [-0.2, -0.15) is 0 Å². The van der Waals surface area contributed by atoms with Crippen LogP contribution in [0.25, 0.3) is 0 Å². The van der Waals surface area contributed by atoms with Gasteiger partial charge in [-0.05, 0) is 36.2 Å². The Kier molecular flexibility index (Phi) is 6.62. The normalized spacial score (nSPS) is 11.1. The number of carboxylic acid groups (broad SMARTS) is 2. The van der Waals surface area contributed by atoms with Gasteiger partial charge in [-0.1, -0.05) is 6.07 Å². The number of phenols is 5. The smallest absolute Gasteiger partial charge is 0.335 e. The molecule has 2 rings (SSSR count). The fourth-order valence-electron chi connectivity index (χ4n) is 1.76. The van der Waals surface area contributed by atoms with Crippen LogP contribution in [0.2, 0.25) is 0 Å². The van der Waals surface area contributed by atoms with E-state index in [9.17, 15) is 9.59 Å². The predicted molar refractivity (Wildman–Crippen MR) is 87.5 cm³/mol. The number of hydrogen-bond donors (Lipinski definition) is 8. The van der Waals surface area contributed by atoms with E-state index in [1.54, 1.807) is 0 Å². The molecule has 0 unspecified atom stereocenters. The third-order valence-corrected chi connectivity index (χ3v) is 3.13. The Labute approximate surface area is 146 Å². The Bertz CT molecular complexity index is 796. The standard InChI is InChI=1S/C9H11NO4.C7H6O5/c10-6(9(13)14)3-5-1-2-7(11)8(12)4-5;8-4-1-3(7(11)12)2-5(9)6(4)10/h1-2,4,6,11-12H,3,10H2,(H,13,14);1-2,8-10H,(H,11,12)/t6-;/m0./s1. The summed E-state index contributed by atoms with van der Waals surface area (Å²) in [4.78, 5) is 20.7. The molecule has 0 aromatic heterocycles. The molecular weight excluding hydrogens is 350 g/mol. The van der Waals surface area contributed by atoms with Crippen molar-refractivity contribution in [2.75, 3.05) is 0 Å². The van der Waals surface area contributed by atoms with Gasteiger partial charge in [0.2, 0.25) is 0 Å². The molecule has 1 atom stereocenters. The summed E-state index contributed by atoms with van der Waals surface area (Å²) in [5, 5.41) is 61.6. The monoisotopic (exact) mass is 367 g/mol. The Hall–Kier alpha value is -3.66. The second-order valence-electron chi connectivity index (χ2n) is 5.14. The van der Waals surface area contributed by atoms with Crippen molar-refractivity contribution >= 4 is 11.9 Å². The Balaban J connectivity index is 0.000000263. The quantitative estimate of drug-likeness (QED) is 0.353. The van der Waals surface area contributed by atoms with Crippen LogP contribution in [0, 0.1) is 0 Å². The topological polar surface area (TPSA) is 202 Å². The van der Waals surface area contributed by atoms with E-state index in [-0.39, 0.29) is 23.5 Å². The van der Waals surface area contributed by atoms with E-state index < -0.39 is 35.2 Å². The molecule has 0 saturated carbocycles. The summed E-state index contributed by atoms with van der Waals surface area (Å²) in [5.74, 6) is -4.95. The van der Waals surface area contributed by atoms with Gasteiger partial charge in [0.25, 0.3) is 0 Å². The lowest BCUT2D eigenvalue weighted by molar-refractivity contribution is -0.138. The van der Waals surface area contributed by atoms with Gasteiger partial charge in [-0.3, -0.25) is 4.79 Å². The molecule has 0 spiro atoms. The molecule has 0 aliphatic rings. The Morgan fingerprint density at radius 3 is 1.81 bits per heavy atom. The molecule has 0 saturated heterocycles. The van der Waals surface area contributed by atoms with E-state index in [0.717, 1.165) is 12.1 Å². The zero-order chi connectivity index (χ0) is 20.0. The first-order chi connectivity index (χ1) is 12.0. The fourth-order valence-corrected chi connectivity index (χ4v) is 1.76. The lowest BCUT2D eigenvalue weighted by atomic mass is 10.1. The lowest BCUT2D eigenvalue weighted by Crippen LogP contribution is -2.32. The summed E-state index contributed by atoms with van der Waals surface area (Å²) in [6.07, 6.45) is 0.114. The van der Waals surface area contributed by atoms with E-state index in [4.69, 9.17) is 41.5 Å². The molecule has 10 nitrogen and oxygen atoms in total. The summed E-state index contributed by atoms with van der Waals surface area (Å²) >= 11 is 0. The largest absolute Gasteiger partial charge is 0.504 e. The average molecular weight is 367 g/mol. The first-order valence-electron chi connectivity index (χ1n) is 7.00. The van der Waals surface area contributed by atoms with Gasteiger partial charge in [0, 0.05) is 0 Å². The minimum atomic E-state index is -1.29. The highest BCUT2D eigenvalue weighted by Gasteiger charge is 2.13.